The Morgan fingerprint density at radius 1 is 1.02 bits per heavy atom. The number of anilines is 1. The molecule has 0 radical (unpaired) electrons. The van der Waals surface area contributed by atoms with Gasteiger partial charge in [-0.25, -0.2) is 4.98 Å². The second-order valence-corrected chi connectivity index (χ2v) is 13.7. The van der Waals surface area contributed by atoms with Gasteiger partial charge in [0.05, 0.1) is 33.8 Å². The lowest BCUT2D eigenvalue weighted by atomic mass is 9.95. The van der Waals surface area contributed by atoms with E-state index in [1.807, 2.05) is 49.4 Å². The molecule has 1 N–H and O–H groups in total. The molecule has 3 aromatic carbocycles. The van der Waals surface area contributed by atoms with Crippen LogP contribution in [0.1, 0.15) is 57.3 Å². The summed E-state index contributed by atoms with van der Waals surface area (Å²) in [7, 11) is 0. The van der Waals surface area contributed by atoms with Gasteiger partial charge < -0.3 is 9.84 Å². The number of aromatic nitrogens is 3. The molecule has 0 spiro atoms. The molecule has 11 heteroatoms. The number of thioether (sulfide) groups is 1. The quantitative estimate of drug-likeness (QED) is 0.0668. The lowest BCUT2D eigenvalue weighted by Crippen LogP contribution is -2.31. The molecule has 0 fully saturated rings. The first-order valence-electron chi connectivity index (χ1n) is 14.3. The topological polar surface area (TPSA) is 106 Å². The number of aliphatic hydroxyl groups excluding tert-OH is 1. The Morgan fingerprint density at radius 2 is 1.80 bits per heavy atom. The number of aryl methyl sites for hydroxylation is 2. The zero-order valence-corrected chi connectivity index (χ0v) is 26.9. The number of aliphatic hydroxyl groups is 1. The molecule has 8 nitrogen and oxygen atoms in total. The Bertz CT molecular complexity index is 1870. The van der Waals surface area contributed by atoms with E-state index in [2.05, 4.69) is 46.4 Å². The van der Waals surface area contributed by atoms with Gasteiger partial charge in [0.2, 0.25) is 10.9 Å². The summed E-state index contributed by atoms with van der Waals surface area (Å²) in [4.78, 5) is 33.7. The van der Waals surface area contributed by atoms with Crippen LogP contribution in [0.4, 0.5) is 5.13 Å². The summed E-state index contributed by atoms with van der Waals surface area (Å²) in [6.45, 7) is 6.28. The Labute approximate surface area is 267 Å². The number of thiazole rings is 1. The van der Waals surface area contributed by atoms with Gasteiger partial charge in [-0.2, -0.15) is 0 Å². The summed E-state index contributed by atoms with van der Waals surface area (Å²) in [5.41, 5.74) is 2.38. The standard InChI is InChI=1S/C33H30N4O4S3/c1-4-5-17-41-24-15-13-22(14-16-24)27-26(28(38)30-19(2)34-20(3)43-30)29(39)31(40)37(27)32-35-36-33(44-32)42-18-23-11-8-10-21-9-6-7-12-25(21)23/h6-16,27,39H,4-5,17-18H2,1-3H3. The Kier molecular flexibility index (Phi) is 8.79. The number of benzene rings is 3. The van der Waals surface area contributed by atoms with Crippen LogP contribution in [0.15, 0.2) is 82.4 Å². The highest BCUT2D eigenvalue weighted by Gasteiger charge is 2.46. The lowest BCUT2D eigenvalue weighted by molar-refractivity contribution is -0.117. The number of hydrogen-bond acceptors (Lipinski definition) is 10. The normalized spacial score (nSPS) is 15.0. The monoisotopic (exact) mass is 642 g/mol. The van der Waals surface area contributed by atoms with Crippen LogP contribution >= 0.6 is 34.4 Å². The van der Waals surface area contributed by atoms with Crippen molar-refractivity contribution < 1.29 is 19.4 Å². The van der Waals surface area contributed by atoms with E-state index in [9.17, 15) is 14.7 Å². The number of Topliss-reactive ketones (excluding diaryl/α,β-unsaturated/α-hetero) is 1. The number of nitrogens with zero attached hydrogens (tertiary/aromatic N) is 4. The Hall–Kier alpha value is -4.06. The summed E-state index contributed by atoms with van der Waals surface area (Å²) in [6, 6.07) is 20.8. The molecule has 2 aromatic heterocycles. The number of carbonyl (C=O) groups is 2. The zero-order valence-electron chi connectivity index (χ0n) is 24.4. The highest BCUT2D eigenvalue weighted by Crippen LogP contribution is 2.45. The van der Waals surface area contributed by atoms with Gasteiger partial charge in [-0.1, -0.05) is 91.0 Å². The smallest absolute Gasteiger partial charge is 0.296 e. The number of unbranched alkanes of at least 4 members (excludes halogenated alkanes) is 1. The van der Waals surface area contributed by atoms with Gasteiger partial charge in [-0.15, -0.1) is 21.5 Å². The van der Waals surface area contributed by atoms with Crippen LogP contribution in [0.2, 0.25) is 0 Å². The highest BCUT2D eigenvalue weighted by molar-refractivity contribution is 8.00. The molecular weight excluding hydrogens is 613 g/mol. The van der Waals surface area contributed by atoms with Crippen molar-refractivity contribution in [2.75, 3.05) is 11.5 Å². The molecule has 0 saturated carbocycles. The van der Waals surface area contributed by atoms with Crippen molar-refractivity contribution in [3.8, 4) is 5.75 Å². The van der Waals surface area contributed by atoms with E-state index in [1.54, 1.807) is 6.92 Å². The van der Waals surface area contributed by atoms with Crippen LogP contribution < -0.4 is 9.64 Å². The number of amides is 1. The summed E-state index contributed by atoms with van der Waals surface area (Å²) in [6.07, 6.45) is 1.96. The van der Waals surface area contributed by atoms with E-state index in [1.165, 1.54) is 55.7 Å². The molecule has 0 aliphatic carbocycles. The molecule has 0 bridgehead atoms. The van der Waals surface area contributed by atoms with Crippen LogP contribution in [-0.2, 0) is 10.5 Å². The summed E-state index contributed by atoms with van der Waals surface area (Å²) < 4.78 is 6.51. The number of carbonyl (C=O) groups excluding carboxylic acids is 2. The number of hydrogen-bond donors (Lipinski definition) is 1. The molecule has 1 atom stereocenters. The van der Waals surface area contributed by atoms with Crippen molar-refractivity contribution in [3.63, 3.8) is 0 Å². The fraction of sp³-hybridized carbons (Fsp3) is 0.242. The summed E-state index contributed by atoms with van der Waals surface area (Å²) in [5.74, 6) is -0.346. The van der Waals surface area contributed by atoms with Gasteiger partial charge >= 0.3 is 0 Å². The van der Waals surface area contributed by atoms with Gasteiger partial charge in [0.1, 0.15) is 5.75 Å². The van der Waals surface area contributed by atoms with E-state index in [0.717, 1.165) is 17.8 Å². The molecule has 0 saturated heterocycles. The maximum Gasteiger partial charge on any atom is 0.296 e. The SMILES string of the molecule is CCCCOc1ccc(C2C(C(=O)c3sc(C)nc3C)=C(O)C(=O)N2c2nnc(SCc3cccc4ccccc34)s2)cc1. The van der Waals surface area contributed by atoms with Gasteiger partial charge in [-0.05, 0) is 54.3 Å². The number of ketones is 1. The highest BCUT2D eigenvalue weighted by atomic mass is 32.2. The van der Waals surface area contributed by atoms with Crippen molar-refractivity contribution in [3.05, 3.63) is 105 Å². The third-order valence-electron chi connectivity index (χ3n) is 7.36. The van der Waals surface area contributed by atoms with E-state index >= 15 is 0 Å². The minimum Gasteiger partial charge on any atom is -0.503 e. The molecule has 1 unspecified atom stereocenters. The second kappa shape index (κ2) is 12.9. The Balaban J connectivity index is 1.32. The van der Waals surface area contributed by atoms with Gasteiger partial charge in [0.15, 0.2) is 10.1 Å². The van der Waals surface area contributed by atoms with Crippen LogP contribution in [0.25, 0.3) is 10.8 Å². The minimum absolute atomic E-state index is 0.00144. The van der Waals surface area contributed by atoms with Crippen molar-refractivity contribution in [1.82, 2.24) is 15.2 Å². The summed E-state index contributed by atoms with van der Waals surface area (Å²) >= 11 is 4.03. The molecule has 3 heterocycles. The minimum atomic E-state index is -0.898. The Morgan fingerprint density at radius 3 is 2.55 bits per heavy atom. The maximum atomic E-state index is 13.9. The van der Waals surface area contributed by atoms with Crippen molar-refractivity contribution in [1.29, 1.82) is 0 Å². The number of rotatable bonds is 11. The fourth-order valence-electron chi connectivity index (χ4n) is 5.21. The average Bonchev–Trinajstić information content (AvgIpc) is 3.71. The van der Waals surface area contributed by atoms with Crippen LogP contribution in [-0.4, -0.2) is 38.6 Å². The van der Waals surface area contributed by atoms with Crippen LogP contribution in [0.3, 0.4) is 0 Å². The predicted molar refractivity (Wildman–Crippen MR) is 176 cm³/mol. The van der Waals surface area contributed by atoms with Crippen LogP contribution in [0.5, 0.6) is 5.75 Å². The first-order chi connectivity index (χ1) is 21.4. The molecule has 224 valence electrons. The van der Waals surface area contributed by atoms with Crippen LogP contribution in [0, 0.1) is 13.8 Å². The first-order valence-corrected chi connectivity index (χ1v) is 16.9. The van der Waals surface area contributed by atoms with E-state index in [-0.39, 0.29) is 5.57 Å². The third-order valence-corrected chi connectivity index (χ3v) is 10.5. The molecule has 1 amide bonds. The van der Waals surface area contributed by atoms with E-state index < -0.39 is 23.5 Å². The molecule has 44 heavy (non-hydrogen) atoms. The number of fused-ring (bicyclic) bond motifs is 1. The maximum absolute atomic E-state index is 13.9. The molecule has 5 aromatic rings. The van der Waals surface area contributed by atoms with Gasteiger partial charge in [0, 0.05) is 5.75 Å². The third kappa shape index (κ3) is 5.87. The largest absolute Gasteiger partial charge is 0.503 e. The molecule has 1 aliphatic rings. The fourth-order valence-corrected chi connectivity index (χ4v) is 7.96. The summed E-state index contributed by atoms with van der Waals surface area (Å²) in [5, 5.41) is 23.3. The van der Waals surface area contributed by atoms with Gasteiger partial charge in [0.25, 0.3) is 5.91 Å². The first kappa shape index (κ1) is 30.0. The van der Waals surface area contributed by atoms with E-state index in [4.69, 9.17) is 4.74 Å². The van der Waals surface area contributed by atoms with E-state index in [0.29, 0.717) is 43.7 Å². The van der Waals surface area contributed by atoms with Crippen molar-refractivity contribution >= 4 is 62.0 Å². The zero-order chi connectivity index (χ0) is 30.8. The molecule has 1 aliphatic heterocycles. The van der Waals surface area contributed by atoms with Crippen molar-refractivity contribution in [2.45, 2.75) is 49.7 Å². The number of ether oxygens (including phenoxy) is 1. The molecule has 6 rings (SSSR count). The average molecular weight is 643 g/mol. The predicted octanol–water partition coefficient (Wildman–Crippen LogP) is 8.02. The lowest BCUT2D eigenvalue weighted by Gasteiger charge is -2.24. The van der Waals surface area contributed by atoms with Gasteiger partial charge in [-0.3, -0.25) is 14.5 Å². The molecular formula is C33H30N4O4S3. The van der Waals surface area contributed by atoms with Crippen molar-refractivity contribution in [2.24, 2.45) is 0 Å². The second-order valence-electron chi connectivity index (χ2n) is 10.4.